The summed E-state index contributed by atoms with van der Waals surface area (Å²) < 4.78 is 0. The van der Waals surface area contributed by atoms with Gasteiger partial charge < -0.3 is 10.1 Å². The third kappa shape index (κ3) is 2.19. The highest BCUT2D eigenvalue weighted by atomic mass is 35.5. The second kappa shape index (κ2) is 3.14. The van der Waals surface area contributed by atoms with Crippen molar-refractivity contribution in [2.75, 3.05) is 0 Å². The van der Waals surface area contributed by atoms with Gasteiger partial charge in [-0.3, -0.25) is 4.79 Å². The SMILES string of the molecule is Cl.O=c1cc(O)cc[nH]1. The summed E-state index contributed by atoms with van der Waals surface area (Å²) in [6.45, 7) is 0. The van der Waals surface area contributed by atoms with Gasteiger partial charge in [0.25, 0.3) is 5.56 Å². The molecule has 0 spiro atoms. The van der Waals surface area contributed by atoms with Crippen LogP contribution in [0.3, 0.4) is 0 Å². The van der Waals surface area contributed by atoms with Crippen molar-refractivity contribution in [1.82, 2.24) is 4.98 Å². The van der Waals surface area contributed by atoms with E-state index in [1.807, 2.05) is 0 Å². The van der Waals surface area contributed by atoms with Gasteiger partial charge in [0.15, 0.2) is 0 Å². The molecule has 0 saturated carbocycles. The first-order valence-corrected chi connectivity index (χ1v) is 2.17. The number of aromatic amines is 1. The molecule has 0 fully saturated rings. The Balaban J connectivity index is 0.000000640. The molecule has 0 aromatic carbocycles. The van der Waals surface area contributed by atoms with Crippen molar-refractivity contribution >= 4 is 12.4 Å². The molecule has 0 atom stereocenters. The van der Waals surface area contributed by atoms with Crippen LogP contribution in [-0.2, 0) is 0 Å². The number of hydrogen-bond acceptors (Lipinski definition) is 2. The molecule has 0 unspecified atom stereocenters. The highest BCUT2D eigenvalue weighted by Crippen LogP contribution is 1.97. The van der Waals surface area contributed by atoms with Crippen LogP contribution in [0.1, 0.15) is 0 Å². The summed E-state index contributed by atoms with van der Waals surface area (Å²) in [7, 11) is 0. The molecule has 1 aromatic rings. The summed E-state index contributed by atoms with van der Waals surface area (Å²) >= 11 is 0. The lowest BCUT2D eigenvalue weighted by Crippen LogP contribution is -1.99. The van der Waals surface area contributed by atoms with Gasteiger partial charge in [-0.15, -0.1) is 12.4 Å². The molecular weight excluding hydrogens is 142 g/mol. The minimum atomic E-state index is -0.287. The fraction of sp³-hybridized carbons (Fsp3) is 0. The number of rotatable bonds is 0. The van der Waals surface area contributed by atoms with E-state index < -0.39 is 0 Å². The molecule has 0 bridgehead atoms. The molecule has 0 saturated heterocycles. The van der Waals surface area contributed by atoms with Gasteiger partial charge in [-0.05, 0) is 6.07 Å². The van der Waals surface area contributed by atoms with Gasteiger partial charge in [0.1, 0.15) is 5.75 Å². The fourth-order valence-electron chi connectivity index (χ4n) is 0.433. The van der Waals surface area contributed by atoms with E-state index in [1.165, 1.54) is 12.3 Å². The van der Waals surface area contributed by atoms with Crippen LogP contribution in [0.5, 0.6) is 5.75 Å². The zero-order chi connectivity index (χ0) is 5.98. The van der Waals surface area contributed by atoms with Crippen LogP contribution in [0, 0.1) is 0 Å². The van der Waals surface area contributed by atoms with Crippen molar-refractivity contribution < 1.29 is 5.11 Å². The van der Waals surface area contributed by atoms with E-state index in [9.17, 15) is 4.79 Å². The summed E-state index contributed by atoms with van der Waals surface area (Å²) in [5.74, 6) is -0.00579. The topological polar surface area (TPSA) is 53.1 Å². The number of H-pyrrole nitrogens is 1. The molecule has 3 nitrogen and oxygen atoms in total. The number of halogens is 1. The Kier molecular flexibility index (Phi) is 2.81. The summed E-state index contributed by atoms with van der Waals surface area (Å²) in [4.78, 5) is 12.6. The lowest BCUT2D eigenvalue weighted by atomic mass is 10.5. The zero-order valence-corrected chi connectivity index (χ0v) is 5.31. The monoisotopic (exact) mass is 147 g/mol. The standard InChI is InChI=1S/C5H5NO2.ClH/c7-4-1-2-6-5(8)3-4;/h1-3H,(H2,6,7,8);1H. The largest absolute Gasteiger partial charge is 0.508 e. The Morgan fingerprint density at radius 3 is 2.56 bits per heavy atom. The summed E-state index contributed by atoms with van der Waals surface area (Å²) in [6.07, 6.45) is 1.39. The van der Waals surface area contributed by atoms with E-state index in [2.05, 4.69) is 4.98 Å². The molecule has 9 heavy (non-hydrogen) atoms. The minimum Gasteiger partial charge on any atom is -0.508 e. The zero-order valence-electron chi connectivity index (χ0n) is 4.50. The van der Waals surface area contributed by atoms with E-state index >= 15 is 0 Å². The number of nitrogens with one attached hydrogen (secondary N) is 1. The Morgan fingerprint density at radius 2 is 2.22 bits per heavy atom. The lowest BCUT2D eigenvalue weighted by Gasteiger charge is -1.83. The second-order valence-corrected chi connectivity index (χ2v) is 1.41. The quantitative estimate of drug-likeness (QED) is 0.562. The molecule has 1 aromatic heterocycles. The third-order valence-corrected chi connectivity index (χ3v) is 0.759. The molecule has 2 N–H and O–H groups in total. The van der Waals surface area contributed by atoms with Crippen molar-refractivity contribution in [3.8, 4) is 5.75 Å². The van der Waals surface area contributed by atoms with Gasteiger partial charge in [0.05, 0.1) is 0 Å². The van der Waals surface area contributed by atoms with Gasteiger partial charge in [0, 0.05) is 12.3 Å². The van der Waals surface area contributed by atoms with Gasteiger partial charge in [0.2, 0.25) is 0 Å². The van der Waals surface area contributed by atoms with Crippen LogP contribution in [0.15, 0.2) is 23.1 Å². The van der Waals surface area contributed by atoms with Gasteiger partial charge >= 0.3 is 0 Å². The molecule has 4 heteroatoms. The van der Waals surface area contributed by atoms with Crippen molar-refractivity contribution in [2.24, 2.45) is 0 Å². The van der Waals surface area contributed by atoms with E-state index in [0.29, 0.717) is 0 Å². The van der Waals surface area contributed by atoms with Crippen LogP contribution in [0.2, 0.25) is 0 Å². The smallest absolute Gasteiger partial charge is 0.251 e. The first kappa shape index (κ1) is 8.04. The first-order valence-electron chi connectivity index (χ1n) is 2.17. The second-order valence-electron chi connectivity index (χ2n) is 1.41. The van der Waals surface area contributed by atoms with E-state index in [-0.39, 0.29) is 23.7 Å². The molecule has 0 aliphatic carbocycles. The van der Waals surface area contributed by atoms with Crippen LogP contribution in [0.4, 0.5) is 0 Å². The molecule has 0 aliphatic rings. The lowest BCUT2D eigenvalue weighted by molar-refractivity contribution is 0.473. The van der Waals surface area contributed by atoms with Crippen LogP contribution < -0.4 is 5.56 Å². The summed E-state index contributed by atoms with van der Waals surface area (Å²) in [5, 5.41) is 8.59. The van der Waals surface area contributed by atoms with Crippen molar-refractivity contribution in [3.63, 3.8) is 0 Å². The van der Waals surface area contributed by atoms with Crippen LogP contribution >= 0.6 is 12.4 Å². The van der Waals surface area contributed by atoms with E-state index in [4.69, 9.17) is 5.11 Å². The number of aromatic hydroxyl groups is 1. The number of hydrogen-bond donors (Lipinski definition) is 2. The Morgan fingerprint density at radius 1 is 1.56 bits per heavy atom. The molecule has 1 heterocycles. The molecule has 1 rings (SSSR count). The molecule has 0 amide bonds. The molecule has 0 radical (unpaired) electrons. The Hall–Kier alpha value is -0.960. The molecule has 0 aliphatic heterocycles. The van der Waals surface area contributed by atoms with Crippen molar-refractivity contribution in [1.29, 1.82) is 0 Å². The fourth-order valence-corrected chi connectivity index (χ4v) is 0.433. The maximum atomic E-state index is 10.3. The summed E-state index contributed by atoms with van der Waals surface area (Å²) in [6, 6.07) is 2.52. The predicted octanol–water partition coefficient (Wildman–Crippen LogP) is 0.502. The average Bonchev–Trinajstić information content (AvgIpc) is 1.64. The molecular formula is C5H6ClNO2. The molecule has 50 valence electrons. The van der Waals surface area contributed by atoms with Gasteiger partial charge in [-0.25, -0.2) is 0 Å². The maximum absolute atomic E-state index is 10.3. The van der Waals surface area contributed by atoms with Crippen LogP contribution in [-0.4, -0.2) is 10.1 Å². The maximum Gasteiger partial charge on any atom is 0.251 e. The number of pyridine rings is 1. The highest BCUT2D eigenvalue weighted by Gasteiger charge is 1.82. The van der Waals surface area contributed by atoms with Gasteiger partial charge in [-0.2, -0.15) is 0 Å². The number of aromatic nitrogens is 1. The Bertz CT molecular complexity index is 232. The first-order chi connectivity index (χ1) is 3.79. The van der Waals surface area contributed by atoms with Crippen molar-refractivity contribution in [2.45, 2.75) is 0 Å². The average molecular weight is 148 g/mol. The summed E-state index contributed by atoms with van der Waals surface area (Å²) in [5.41, 5.74) is -0.287. The highest BCUT2D eigenvalue weighted by molar-refractivity contribution is 5.85. The van der Waals surface area contributed by atoms with Gasteiger partial charge in [-0.1, -0.05) is 0 Å². The van der Waals surface area contributed by atoms with Crippen LogP contribution in [0.25, 0.3) is 0 Å². The predicted molar refractivity (Wildman–Crippen MR) is 36.0 cm³/mol. The minimum absolute atomic E-state index is 0. The van der Waals surface area contributed by atoms with Crippen molar-refractivity contribution in [3.05, 3.63) is 28.7 Å². The Labute approximate surface area is 57.8 Å². The van der Waals surface area contributed by atoms with E-state index in [1.54, 1.807) is 0 Å². The normalized spacial score (nSPS) is 8.00. The van der Waals surface area contributed by atoms with E-state index in [0.717, 1.165) is 6.07 Å². The third-order valence-electron chi connectivity index (χ3n) is 0.759.